The van der Waals surface area contributed by atoms with Gasteiger partial charge in [-0.25, -0.2) is 0 Å². The number of fused-ring (bicyclic) bond motifs is 1. The Hall–Kier alpha value is -3.34. The maximum atomic E-state index is 13.2. The molecule has 4 atom stereocenters. The number of ether oxygens (including phenoxy) is 1. The van der Waals surface area contributed by atoms with Crippen molar-refractivity contribution in [3.05, 3.63) is 45.7 Å². The van der Waals surface area contributed by atoms with Gasteiger partial charge in [0.2, 0.25) is 11.9 Å². The Bertz CT molecular complexity index is 1060. The zero-order chi connectivity index (χ0) is 21.4. The molecule has 8 nitrogen and oxygen atoms in total. The second kappa shape index (κ2) is 7.82. The molecule has 1 amide bonds. The average molecular weight is 407 g/mol. The Labute approximate surface area is 174 Å². The maximum Gasteiger partial charge on any atom is 0.258 e. The highest BCUT2D eigenvalue weighted by Crippen LogP contribution is 2.39. The van der Waals surface area contributed by atoms with Crippen molar-refractivity contribution >= 4 is 17.7 Å². The fraction of sp³-hybridized carbons (Fsp3) is 0.455. The Balaban J connectivity index is 1.86. The van der Waals surface area contributed by atoms with Gasteiger partial charge in [-0.05, 0) is 50.8 Å². The number of aromatic nitrogens is 2. The molecule has 0 spiro atoms. The van der Waals surface area contributed by atoms with Crippen LogP contribution in [0.25, 0.3) is 0 Å². The van der Waals surface area contributed by atoms with Gasteiger partial charge in [0.1, 0.15) is 17.5 Å². The molecule has 2 aliphatic heterocycles. The molecule has 3 heterocycles. The molecule has 30 heavy (non-hydrogen) atoms. The molecule has 2 aromatic rings. The molecule has 4 unspecified atom stereocenters. The molecule has 0 saturated carbocycles. The summed E-state index contributed by atoms with van der Waals surface area (Å²) in [7, 11) is 1.55. The topological polar surface area (TPSA) is 111 Å². The number of rotatable bonds is 3. The summed E-state index contributed by atoms with van der Waals surface area (Å²) < 4.78 is 5.29. The number of benzene rings is 1. The van der Waals surface area contributed by atoms with Crippen LogP contribution in [0.4, 0.5) is 11.8 Å². The van der Waals surface area contributed by atoms with Crippen LogP contribution in [0.1, 0.15) is 50.2 Å². The highest BCUT2D eigenvalue weighted by molar-refractivity contribution is 5.98. The van der Waals surface area contributed by atoms with E-state index in [1.54, 1.807) is 31.4 Å². The lowest BCUT2D eigenvalue weighted by atomic mass is 9.79. The molecule has 8 heteroatoms. The van der Waals surface area contributed by atoms with Gasteiger partial charge in [-0.1, -0.05) is 12.1 Å². The van der Waals surface area contributed by atoms with Crippen molar-refractivity contribution in [2.75, 3.05) is 17.3 Å². The number of H-pyrrole nitrogens is 1. The van der Waals surface area contributed by atoms with Crippen molar-refractivity contribution < 1.29 is 9.53 Å². The van der Waals surface area contributed by atoms with Gasteiger partial charge >= 0.3 is 0 Å². The van der Waals surface area contributed by atoms with E-state index in [0.29, 0.717) is 22.8 Å². The summed E-state index contributed by atoms with van der Waals surface area (Å²) in [5.74, 6) is -0.946. The van der Waals surface area contributed by atoms with Crippen molar-refractivity contribution in [2.45, 2.75) is 51.1 Å². The van der Waals surface area contributed by atoms with E-state index in [-0.39, 0.29) is 23.5 Å². The minimum Gasteiger partial charge on any atom is -0.497 e. The number of aromatic amines is 1. The quantitative estimate of drug-likeness (QED) is 0.809. The van der Waals surface area contributed by atoms with E-state index in [1.807, 2.05) is 0 Å². The second-order valence-electron chi connectivity index (χ2n) is 8.04. The molecule has 1 fully saturated rings. The molecule has 1 aromatic heterocycles. The van der Waals surface area contributed by atoms with Crippen LogP contribution in [0.15, 0.2) is 29.1 Å². The standard InChI is InChI=1S/C22H25N5O3/c1-12-6-4-7-13(2)27(12)22-25-19-18(21(29)26-22)17(16(11-23)20(28)24-19)14-8-5-9-15(10-14)30-3/h5,8-10,12-13,16-17H,4,6-7H2,1-3H3,(H2,24,25,26,28,29). The normalized spacial score (nSPS) is 25.8. The van der Waals surface area contributed by atoms with Crippen molar-refractivity contribution in [1.29, 1.82) is 5.26 Å². The number of carbonyl (C=O) groups is 1. The van der Waals surface area contributed by atoms with Crippen molar-refractivity contribution in [3.8, 4) is 11.8 Å². The third-order valence-electron chi connectivity index (χ3n) is 6.14. The van der Waals surface area contributed by atoms with Gasteiger partial charge in [0.25, 0.3) is 5.56 Å². The first-order valence-electron chi connectivity index (χ1n) is 10.2. The summed E-state index contributed by atoms with van der Waals surface area (Å²) in [6.07, 6.45) is 3.16. The molecule has 0 aliphatic carbocycles. The Morgan fingerprint density at radius 3 is 2.63 bits per heavy atom. The lowest BCUT2D eigenvalue weighted by molar-refractivity contribution is -0.119. The first-order chi connectivity index (χ1) is 14.4. The fourth-order valence-corrected chi connectivity index (χ4v) is 4.66. The molecule has 2 N–H and O–H groups in total. The zero-order valence-corrected chi connectivity index (χ0v) is 17.3. The van der Waals surface area contributed by atoms with Crippen LogP contribution in [0.5, 0.6) is 5.75 Å². The fourth-order valence-electron chi connectivity index (χ4n) is 4.66. The van der Waals surface area contributed by atoms with Crippen molar-refractivity contribution in [1.82, 2.24) is 9.97 Å². The lowest BCUT2D eigenvalue weighted by Crippen LogP contribution is -2.46. The number of nitrogens with zero attached hydrogens (tertiary/aromatic N) is 3. The van der Waals surface area contributed by atoms with Crippen molar-refractivity contribution in [2.24, 2.45) is 5.92 Å². The molecule has 2 aliphatic rings. The van der Waals surface area contributed by atoms with E-state index in [9.17, 15) is 14.9 Å². The summed E-state index contributed by atoms with van der Waals surface area (Å²) in [6.45, 7) is 4.22. The van der Waals surface area contributed by atoms with E-state index >= 15 is 0 Å². The Morgan fingerprint density at radius 2 is 1.97 bits per heavy atom. The number of nitrogens with one attached hydrogen (secondary N) is 2. The Morgan fingerprint density at radius 1 is 1.23 bits per heavy atom. The van der Waals surface area contributed by atoms with Crippen LogP contribution in [0.3, 0.4) is 0 Å². The van der Waals surface area contributed by atoms with Crippen LogP contribution in [-0.2, 0) is 4.79 Å². The Kier molecular flexibility index (Phi) is 5.20. The number of amides is 1. The minimum absolute atomic E-state index is 0.225. The predicted molar refractivity (Wildman–Crippen MR) is 113 cm³/mol. The van der Waals surface area contributed by atoms with Crippen LogP contribution in [-0.4, -0.2) is 35.1 Å². The van der Waals surface area contributed by atoms with Crippen LogP contribution in [0, 0.1) is 17.2 Å². The van der Waals surface area contributed by atoms with Gasteiger partial charge in [0.05, 0.1) is 18.7 Å². The van der Waals surface area contributed by atoms with Gasteiger partial charge in [-0.3, -0.25) is 14.6 Å². The summed E-state index contributed by atoms with van der Waals surface area (Å²) in [4.78, 5) is 35.6. The highest BCUT2D eigenvalue weighted by atomic mass is 16.5. The SMILES string of the molecule is COc1cccc(C2c3c(nc(N4C(C)CCCC4C)[nH]c3=O)NC(=O)C2C#N)c1. The van der Waals surface area contributed by atoms with E-state index < -0.39 is 17.7 Å². The summed E-state index contributed by atoms with van der Waals surface area (Å²) >= 11 is 0. The number of anilines is 2. The van der Waals surface area contributed by atoms with Crippen molar-refractivity contribution in [3.63, 3.8) is 0 Å². The number of hydrogen-bond acceptors (Lipinski definition) is 6. The number of methoxy groups -OCH3 is 1. The largest absolute Gasteiger partial charge is 0.497 e. The summed E-state index contributed by atoms with van der Waals surface area (Å²) in [6, 6.07) is 9.62. The van der Waals surface area contributed by atoms with Gasteiger partial charge in [0, 0.05) is 18.0 Å². The molecular weight excluding hydrogens is 382 g/mol. The third kappa shape index (κ3) is 3.30. The summed E-state index contributed by atoms with van der Waals surface area (Å²) in [5.41, 5.74) is 0.625. The van der Waals surface area contributed by atoms with E-state index in [2.05, 4.69) is 40.1 Å². The highest BCUT2D eigenvalue weighted by Gasteiger charge is 2.41. The molecule has 156 valence electrons. The average Bonchev–Trinajstić information content (AvgIpc) is 2.72. The second-order valence-corrected chi connectivity index (χ2v) is 8.04. The maximum absolute atomic E-state index is 13.2. The van der Waals surface area contributed by atoms with Gasteiger partial charge < -0.3 is 15.0 Å². The first-order valence-corrected chi connectivity index (χ1v) is 10.2. The molecule has 4 rings (SSSR count). The van der Waals surface area contributed by atoms with E-state index in [1.165, 1.54) is 0 Å². The number of carbonyl (C=O) groups excluding carboxylic acids is 1. The van der Waals surface area contributed by atoms with Crippen LogP contribution < -0.4 is 20.5 Å². The van der Waals surface area contributed by atoms with Crippen LogP contribution >= 0.6 is 0 Å². The molecule has 1 saturated heterocycles. The number of hydrogen-bond donors (Lipinski definition) is 2. The number of piperidine rings is 1. The zero-order valence-electron chi connectivity index (χ0n) is 17.3. The molecule has 0 bridgehead atoms. The first kappa shape index (κ1) is 20.0. The van der Waals surface area contributed by atoms with Gasteiger partial charge in [-0.15, -0.1) is 0 Å². The van der Waals surface area contributed by atoms with Gasteiger partial charge in [0.15, 0.2) is 0 Å². The molecule has 1 aromatic carbocycles. The summed E-state index contributed by atoms with van der Waals surface area (Å²) in [5, 5.41) is 12.4. The molecular formula is C22H25N5O3. The lowest BCUT2D eigenvalue weighted by Gasteiger charge is -2.40. The smallest absolute Gasteiger partial charge is 0.258 e. The van der Waals surface area contributed by atoms with Crippen LogP contribution in [0.2, 0.25) is 0 Å². The minimum atomic E-state index is -1.04. The molecule has 0 radical (unpaired) electrons. The van der Waals surface area contributed by atoms with E-state index in [4.69, 9.17) is 4.74 Å². The monoisotopic (exact) mass is 407 g/mol. The van der Waals surface area contributed by atoms with Gasteiger partial charge in [-0.2, -0.15) is 10.2 Å². The predicted octanol–water partition coefficient (Wildman–Crippen LogP) is 2.77. The van der Waals surface area contributed by atoms with E-state index in [0.717, 1.165) is 19.3 Å². The number of nitriles is 1. The third-order valence-corrected chi connectivity index (χ3v) is 6.14.